The summed E-state index contributed by atoms with van der Waals surface area (Å²) < 4.78 is 0. The number of amides is 2. The highest BCUT2D eigenvalue weighted by molar-refractivity contribution is 6.07. The van der Waals surface area contributed by atoms with Crippen molar-refractivity contribution in [2.24, 2.45) is 11.3 Å². The maximum Gasteiger partial charge on any atom is 0.238 e. The zero-order valence-corrected chi connectivity index (χ0v) is 12.9. The van der Waals surface area contributed by atoms with Gasteiger partial charge in [-0.3, -0.25) is 9.59 Å². The monoisotopic (exact) mass is 280 g/mol. The largest absolute Gasteiger partial charge is 0.355 e. The van der Waals surface area contributed by atoms with Gasteiger partial charge in [0.15, 0.2) is 0 Å². The second-order valence-corrected chi connectivity index (χ2v) is 6.73. The van der Waals surface area contributed by atoms with Crippen molar-refractivity contribution < 1.29 is 9.59 Å². The molecule has 2 rings (SSSR count). The van der Waals surface area contributed by atoms with Crippen LogP contribution in [0, 0.1) is 11.3 Å². The van der Waals surface area contributed by atoms with Crippen molar-refractivity contribution in [3.8, 4) is 0 Å². The summed E-state index contributed by atoms with van der Waals surface area (Å²) in [5, 5.41) is 2.97. The fraction of sp³-hybridized carbons (Fsp3) is 0.875. The zero-order chi connectivity index (χ0) is 14.6. The molecule has 2 fully saturated rings. The van der Waals surface area contributed by atoms with Crippen LogP contribution in [0.2, 0.25) is 0 Å². The van der Waals surface area contributed by atoms with Crippen molar-refractivity contribution in [3.05, 3.63) is 0 Å². The SMILES string of the molecule is CC(C)CCNC(=O)C1(C(=O)N2CCCCCC2)CC1. The molecule has 1 saturated heterocycles. The van der Waals surface area contributed by atoms with Crippen molar-refractivity contribution >= 4 is 11.8 Å². The Morgan fingerprint density at radius 1 is 1.10 bits per heavy atom. The molecule has 0 aromatic heterocycles. The first-order chi connectivity index (χ1) is 9.56. The normalized spacial score (nSPS) is 21.4. The third-order valence-corrected chi connectivity index (χ3v) is 4.49. The summed E-state index contributed by atoms with van der Waals surface area (Å²) in [5.74, 6) is 0.626. The Morgan fingerprint density at radius 3 is 2.20 bits per heavy atom. The van der Waals surface area contributed by atoms with E-state index in [0.29, 0.717) is 12.5 Å². The average molecular weight is 280 g/mol. The first-order valence-corrected chi connectivity index (χ1v) is 8.14. The quantitative estimate of drug-likeness (QED) is 0.786. The lowest BCUT2D eigenvalue weighted by Gasteiger charge is -2.25. The number of carbonyl (C=O) groups is 2. The summed E-state index contributed by atoms with van der Waals surface area (Å²) in [4.78, 5) is 26.9. The third kappa shape index (κ3) is 3.53. The van der Waals surface area contributed by atoms with E-state index in [2.05, 4.69) is 19.2 Å². The van der Waals surface area contributed by atoms with Crippen molar-refractivity contribution in [1.82, 2.24) is 10.2 Å². The second kappa shape index (κ2) is 6.59. The van der Waals surface area contributed by atoms with Gasteiger partial charge in [0.05, 0.1) is 0 Å². The van der Waals surface area contributed by atoms with E-state index in [4.69, 9.17) is 0 Å². The predicted octanol–water partition coefficient (Wildman–Crippen LogP) is 2.33. The van der Waals surface area contributed by atoms with Crippen LogP contribution in [0.15, 0.2) is 0 Å². The topological polar surface area (TPSA) is 49.4 Å². The smallest absolute Gasteiger partial charge is 0.238 e. The van der Waals surface area contributed by atoms with Crippen molar-refractivity contribution in [2.45, 2.75) is 58.8 Å². The standard InChI is InChI=1S/C16H28N2O2/c1-13(2)7-10-17-14(19)16(8-9-16)15(20)18-11-5-3-4-6-12-18/h13H,3-12H2,1-2H3,(H,17,19). The Balaban J connectivity index is 1.88. The number of rotatable bonds is 5. The Labute approximate surface area is 122 Å². The number of hydrogen-bond donors (Lipinski definition) is 1. The summed E-state index contributed by atoms with van der Waals surface area (Å²) in [6, 6.07) is 0. The number of nitrogens with zero attached hydrogens (tertiary/aromatic N) is 1. The Morgan fingerprint density at radius 2 is 1.70 bits per heavy atom. The highest BCUT2D eigenvalue weighted by atomic mass is 16.2. The van der Waals surface area contributed by atoms with E-state index >= 15 is 0 Å². The fourth-order valence-electron chi connectivity index (χ4n) is 2.88. The molecule has 1 N–H and O–H groups in total. The van der Waals surface area contributed by atoms with Crippen LogP contribution in [-0.2, 0) is 9.59 Å². The van der Waals surface area contributed by atoms with Crippen LogP contribution in [0.3, 0.4) is 0 Å². The summed E-state index contributed by atoms with van der Waals surface area (Å²) in [5.41, 5.74) is -0.707. The molecule has 2 aliphatic rings. The Hall–Kier alpha value is -1.06. The van der Waals surface area contributed by atoms with Gasteiger partial charge in [0.25, 0.3) is 0 Å². The molecule has 0 unspecified atom stereocenters. The van der Waals surface area contributed by atoms with E-state index in [0.717, 1.165) is 45.2 Å². The fourth-order valence-corrected chi connectivity index (χ4v) is 2.88. The predicted molar refractivity (Wildman–Crippen MR) is 79.2 cm³/mol. The van der Waals surface area contributed by atoms with E-state index in [1.165, 1.54) is 12.8 Å². The molecule has 20 heavy (non-hydrogen) atoms. The minimum Gasteiger partial charge on any atom is -0.355 e. The highest BCUT2D eigenvalue weighted by Gasteiger charge is 2.57. The van der Waals surface area contributed by atoms with Gasteiger partial charge < -0.3 is 10.2 Å². The molecule has 2 amide bonds. The second-order valence-electron chi connectivity index (χ2n) is 6.73. The Kier molecular flexibility index (Phi) is 5.06. The lowest BCUT2D eigenvalue weighted by molar-refractivity contribution is -0.144. The molecule has 4 nitrogen and oxygen atoms in total. The van der Waals surface area contributed by atoms with E-state index in [1.807, 2.05) is 4.90 Å². The average Bonchev–Trinajstić information content (AvgIpc) is 3.22. The molecule has 114 valence electrons. The molecule has 0 aromatic carbocycles. The number of nitrogens with one attached hydrogen (secondary N) is 1. The van der Waals surface area contributed by atoms with Crippen LogP contribution < -0.4 is 5.32 Å². The number of carbonyl (C=O) groups excluding carboxylic acids is 2. The first-order valence-electron chi connectivity index (χ1n) is 8.14. The Bertz CT molecular complexity index is 353. The van der Waals surface area contributed by atoms with Crippen LogP contribution in [0.1, 0.15) is 58.8 Å². The molecule has 0 aromatic rings. The molecule has 0 radical (unpaired) electrons. The summed E-state index contributed by atoms with van der Waals surface area (Å²) in [6.07, 6.45) is 7.01. The molecule has 1 aliphatic carbocycles. The third-order valence-electron chi connectivity index (χ3n) is 4.49. The van der Waals surface area contributed by atoms with Crippen LogP contribution in [-0.4, -0.2) is 36.3 Å². The van der Waals surface area contributed by atoms with Gasteiger partial charge in [-0.2, -0.15) is 0 Å². The van der Waals surface area contributed by atoms with E-state index in [-0.39, 0.29) is 11.8 Å². The number of hydrogen-bond acceptors (Lipinski definition) is 2. The van der Waals surface area contributed by atoms with Crippen molar-refractivity contribution in [2.75, 3.05) is 19.6 Å². The minimum absolute atomic E-state index is 0.0348. The molecule has 0 bridgehead atoms. The lowest BCUT2D eigenvalue weighted by Crippen LogP contribution is -2.45. The van der Waals surface area contributed by atoms with Gasteiger partial charge in [-0.05, 0) is 38.0 Å². The number of likely N-dealkylation sites (tertiary alicyclic amines) is 1. The molecule has 0 spiro atoms. The molecular formula is C16H28N2O2. The van der Waals surface area contributed by atoms with Crippen LogP contribution in [0.5, 0.6) is 0 Å². The minimum atomic E-state index is -0.707. The van der Waals surface area contributed by atoms with E-state index in [1.54, 1.807) is 0 Å². The van der Waals surface area contributed by atoms with Gasteiger partial charge in [0, 0.05) is 19.6 Å². The molecule has 0 atom stereocenters. The zero-order valence-electron chi connectivity index (χ0n) is 12.9. The first kappa shape index (κ1) is 15.3. The van der Waals surface area contributed by atoms with Gasteiger partial charge in [0.2, 0.25) is 11.8 Å². The summed E-state index contributed by atoms with van der Waals surface area (Å²) >= 11 is 0. The van der Waals surface area contributed by atoms with Gasteiger partial charge in [-0.25, -0.2) is 0 Å². The maximum absolute atomic E-state index is 12.6. The van der Waals surface area contributed by atoms with Gasteiger partial charge in [-0.1, -0.05) is 26.7 Å². The van der Waals surface area contributed by atoms with Crippen molar-refractivity contribution in [1.29, 1.82) is 0 Å². The van der Waals surface area contributed by atoms with Gasteiger partial charge >= 0.3 is 0 Å². The van der Waals surface area contributed by atoms with Crippen LogP contribution in [0.4, 0.5) is 0 Å². The molecule has 1 heterocycles. The molecule has 4 heteroatoms. The molecule has 1 aliphatic heterocycles. The summed E-state index contributed by atoms with van der Waals surface area (Å²) in [6.45, 7) is 6.63. The lowest BCUT2D eigenvalue weighted by atomic mass is 10.0. The highest BCUT2D eigenvalue weighted by Crippen LogP contribution is 2.47. The van der Waals surface area contributed by atoms with Gasteiger partial charge in [0.1, 0.15) is 5.41 Å². The maximum atomic E-state index is 12.6. The molecular weight excluding hydrogens is 252 g/mol. The van der Waals surface area contributed by atoms with Crippen LogP contribution in [0.25, 0.3) is 0 Å². The van der Waals surface area contributed by atoms with Gasteiger partial charge in [-0.15, -0.1) is 0 Å². The summed E-state index contributed by atoms with van der Waals surface area (Å²) in [7, 11) is 0. The van der Waals surface area contributed by atoms with E-state index < -0.39 is 5.41 Å². The van der Waals surface area contributed by atoms with Crippen LogP contribution >= 0.6 is 0 Å². The van der Waals surface area contributed by atoms with Crippen molar-refractivity contribution in [3.63, 3.8) is 0 Å². The van der Waals surface area contributed by atoms with E-state index in [9.17, 15) is 9.59 Å². The molecule has 1 saturated carbocycles.